The molecule has 5 heteroatoms. The molecule has 1 saturated carbocycles. The molecule has 2 aromatic rings. The molecule has 1 aliphatic carbocycles. The van der Waals surface area contributed by atoms with Gasteiger partial charge in [0.15, 0.2) is 0 Å². The van der Waals surface area contributed by atoms with Gasteiger partial charge in [-0.1, -0.05) is 6.07 Å². The Kier molecular flexibility index (Phi) is 2.81. The summed E-state index contributed by atoms with van der Waals surface area (Å²) in [5.41, 5.74) is 7.14. The molecule has 0 aliphatic heterocycles. The van der Waals surface area contributed by atoms with Gasteiger partial charge in [0.1, 0.15) is 23.3 Å². The van der Waals surface area contributed by atoms with Crippen LogP contribution in [0.4, 0.5) is 21.7 Å². The van der Waals surface area contributed by atoms with E-state index in [1.165, 1.54) is 6.07 Å². The smallest absolute Gasteiger partial charge is 0.146 e. The molecule has 1 aliphatic rings. The van der Waals surface area contributed by atoms with Gasteiger partial charge in [-0.3, -0.25) is 0 Å². The van der Waals surface area contributed by atoms with Crippen LogP contribution in [0.5, 0.6) is 0 Å². The summed E-state index contributed by atoms with van der Waals surface area (Å²) >= 11 is 0. The second-order valence-corrected chi connectivity index (χ2v) is 4.92. The fourth-order valence-corrected chi connectivity index (χ4v) is 1.95. The van der Waals surface area contributed by atoms with Crippen molar-refractivity contribution in [2.75, 3.05) is 11.1 Å². The molecule has 0 atom stereocenters. The van der Waals surface area contributed by atoms with Gasteiger partial charge < -0.3 is 11.1 Å². The van der Waals surface area contributed by atoms with Crippen molar-refractivity contribution in [3.8, 4) is 0 Å². The van der Waals surface area contributed by atoms with Crippen molar-refractivity contribution >= 4 is 17.3 Å². The van der Waals surface area contributed by atoms with E-state index in [1.807, 2.05) is 6.92 Å². The third-order valence-electron chi connectivity index (χ3n) is 3.09. The van der Waals surface area contributed by atoms with E-state index in [9.17, 15) is 4.39 Å². The van der Waals surface area contributed by atoms with Crippen LogP contribution in [0.2, 0.25) is 0 Å². The fourth-order valence-electron chi connectivity index (χ4n) is 1.95. The predicted octanol–water partition coefficient (Wildman–Crippen LogP) is 3.13. The average Bonchev–Trinajstić information content (AvgIpc) is 3.17. The summed E-state index contributed by atoms with van der Waals surface area (Å²) in [7, 11) is 0. The first-order valence-electron chi connectivity index (χ1n) is 6.29. The minimum Gasteiger partial charge on any atom is -0.384 e. The number of nitrogen functional groups attached to an aromatic ring is 1. The highest BCUT2D eigenvalue weighted by Crippen LogP contribution is 2.38. The van der Waals surface area contributed by atoms with Gasteiger partial charge in [-0.25, -0.2) is 14.4 Å². The third-order valence-corrected chi connectivity index (χ3v) is 3.09. The largest absolute Gasteiger partial charge is 0.384 e. The molecule has 0 radical (unpaired) electrons. The Labute approximate surface area is 110 Å². The maximum absolute atomic E-state index is 13.7. The number of hydrogen-bond acceptors (Lipinski definition) is 4. The van der Waals surface area contributed by atoms with Crippen LogP contribution in [-0.2, 0) is 0 Å². The summed E-state index contributed by atoms with van der Waals surface area (Å²) in [4.78, 5) is 8.60. The number of aryl methyl sites for hydroxylation is 1. The number of nitrogens with one attached hydrogen (secondary N) is 1. The number of nitrogens with zero attached hydrogens (tertiary/aromatic N) is 2. The Morgan fingerprint density at radius 3 is 2.79 bits per heavy atom. The molecule has 19 heavy (non-hydrogen) atoms. The van der Waals surface area contributed by atoms with Crippen LogP contribution in [-0.4, -0.2) is 9.97 Å². The van der Waals surface area contributed by atoms with Crippen molar-refractivity contribution in [3.05, 3.63) is 41.5 Å². The molecule has 1 fully saturated rings. The highest BCUT2D eigenvalue weighted by molar-refractivity contribution is 5.60. The minimum atomic E-state index is -0.309. The number of anilines is 3. The molecule has 0 unspecified atom stereocenters. The molecule has 3 rings (SSSR count). The molecule has 0 bridgehead atoms. The van der Waals surface area contributed by atoms with E-state index in [0.29, 0.717) is 23.2 Å². The summed E-state index contributed by atoms with van der Waals surface area (Å²) < 4.78 is 13.7. The van der Waals surface area contributed by atoms with Crippen LogP contribution in [0, 0.1) is 12.7 Å². The zero-order valence-corrected chi connectivity index (χ0v) is 10.7. The monoisotopic (exact) mass is 258 g/mol. The Morgan fingerprint density at radius 2 is 2.05 bits per heavy atom. The molecule has 1 aromatic carbocycles. The normalized spacial score (nSPS) is 14.4. The molecule has 4 nitrogen and oxygen atoms in total. The van der Waals surface area contributed by atoms with E-state index in [1.54, 1.807) is 18.2 Å². The Balaban J connectivity index is 1.92. The molecule has 0 saturated heterocycles. The minimum absolute atomic E-state index is 0.309. The first-order valence-corrected chi connectivity index (χ1v) is 6.29. The molecule has 1 aromatic heterocycles. The van der Waals surface area contributed by atoms with Crippen molar-refractivity contribution in [2.24, 2.45) is 0 Å². The van der Waals surface area contributed by atoms with Crippen LogP contribution in [0.1, 0.15) is 30.1 Å². The first-order chi connectivity index (χ1) is 9.11. The summed E-state index contributed by atoms with van der Waals surface area (Å²) in [6.07, 6.45) is 2.20. The fraction of sp³-hybridized carbons (Fsp3) is 0.286. The summed E-state index contributed by atoms with van der Waals surface area (Å²) in [6, 6.07) is 6.52. The topological polar surface area (TPSA) is 63.8 Å². The van der Waals surface area contributed by atoms with Crippen molar-refractivity contribution in [2.45, 2.75) is 25.7 Å². The maximum atomic E-state index is 13.7. The van der Waals surface area contributed by atoms with Gasteiger partial charge in [-0.15, -0.1) is 0 Å². The molecular formula is C14H15FN4. The Hall–Kier alpha value is -2.17. The molecule has 3 N–H and O–H groups in total. The van der Waals surface area contributed by atoms with Gasteiger partial charge in [0.25, 0.3) is 0 Å². The lowest BCUT2D eigenvalue weighted by molar-refractivity contribution is 0.631. The summed E-state index contributed by atoms with van der Waals surface area (Å²) in [5.74, 6) is 1.80. The Morgan fingerprint density at radius 1 is 1.26 bits per heavy atom. The molecule has 0 amide bonds. The van der Waals surface area contributed by atoms with E-state index in [-0.39, 0.29) is 5.82 Å². The number of halogens is 1. The van der Waals surface area contributed by atoms with Crippen molar-refractivity contribution in [1.82, 2.24) is 9.97 Å². The van der Waals surface area contributed by atoms with E-state index in [4.69, 9.17) is 5.73 Å². The van der Waals surface area contributed by atoms with Crippen LogP contribution in [0.25, 0.3) is 0 Å². The van der Waals surface area contributed by atoms with Crippen molar-refractivity contribution in [1.29, 1.82) is 0 Å². The lowest BCUT2D eigenvalue weighted by atomic mass is 10.2. The number of aromatic nitrogens is 2. The average molecular weight is 258 g/mol. The summed E-state index contributed by atoms with van der Waals surface area (Å²) in [6.45, 7) is 1.91. The van der Waals surface area contributed by atoms with E-state index >= 15 is 0 Å². The lowest BCUT2D eigenvalue weighted by Gasteiger charge is -2.09. The van der Waals surface area contributed by atoms with Crippen LogP contribution in [0.3, 0.4) is 0 Å². The quantitative estimate of drug-likeness (QED) is 0.887. The van der Waals surface area contributed by atoms with Gasteiger partial charge in [0.05, 0.1) is 5.69 Å². The van der Waals surface area contributed by atoms with E-state index < -0.39 is 0 Å². The van der Waals surface area contributed by atoms with Gasteiger partial charge in [-0.2, -0.15) is 0 Å². The summed E-state index contributed by atoms with van der Waals surface area (Å²) in [5, 5.41) is 2.97. The van der Waals surface area contributed by atoms with Crippen LogP contribution < -0.4 is 11.1 Å². The predicted molar refractivity (Wildman–Crippen MR) is 72.8 cm³/mol. The SMILES string of the molecule is Cc1ccc(F)c(Nc2cc(N)nc(C3CC3)n2)c1. The zero-order valence-electron chi connectivity index (χ0n) is 10.7. The van der Waals surface area contributed by atoms with E-state index in [2.05, 4.69) is 15.3 Å². The van der Waals surface area contributed by atoms with Gasteiger partial charge >= 0.3 is 0 Å². The van der Waals surface area contributed by atoms with Crippen LogP contribution in [0.15, 0.2) is 24.3 Å². The molecule has 98 valence electrons. The molecule has 0 spiro atoms. The second-order valence-electron chi connectivity index (χ2n) is 4.92. The Bertz CT molecular complexity index is 623. The highest BCUT2D eigenvalue weighted by atomic mass is 19.1. The van der Waals surface area contributed by atoms with Gasteiger partial charge in [0, 0.05) is 12.0 Å². The third kappa shape index (κ3) is 2.65. The number of hydrogen-bond donors (Lipinski definition) is 2. The van der Waals surface area contributed by atoms with Crippen LogP contribution >= 0.6 is 0 Å². The molecular weight excluding hydrogens is 243 g/mol. The van der Waals surface area contributed by atoms with Gasteiger partial charge in [0.2, 0.25) is 0 Å². The van der Waals surface area contributed by atoms with Crippen molar-refractivity contribution < 1.29 is 4.39 Å². The van der Waals surface area contributed by atoms with Crippen molar-refractivity contribution in [3.63, 3.8) is 0 Å². The standard InChI is InChI=1S/C14H15FN4/c1-8-2-5-10(15)11(6-8)17-13-7-12(16)18-14(19-13)9-3-4-9/h2,5-7,9H,3-4H2,1H3,(H3,16,17,18,19). The second kappa shape index (κ2) is 4.50. The van der Waals surface area contributed by atoms with Gasteiger partial charge in [-0.05, 0) is 37.5 Å². The lowest BCUT2D eigenvalue weighted by Crippen LogP contribution is -2.03. The highest BCUT2D eigenvalue weighted by Gasteiger charge is 2.27. The number of rotatable bonds is 3. The maximum Gasteiger partial charge on any atom is 0.146 e. The van der Waals surface area contributed by atoms with E-state index in [0.717, 1.165) is 24.2 Å². The number of nitrogens with two attached hydrogens (primary N) is 1. The molecule has 1 heterocycles. The first kappa shape index (κ1) is 11.9. The zero-order chi connectivity index (χ0) is 13.4. The number of benzene rings is 1.